The fraction of sp³-hybridized carbons (Fsp3) is 0.294. The first-order valence-electron chi connectivity index (χ1n) is 7.30. The summed E-state index contributed by atoms with van der Waals surface area (Å²) in [7, 11) is 0. The van der Waals surface area contributed by atoms with Crippen molar-refractivity contribution >= 4 is 5.91 Å². The molecule has 2 aromatic rings. The van der Waals surface area contributed by atoms with Crippen LogP contribution in [0.5, 0.6) is 5.75 Å². The quantitative estimate of drug-likeness (QED) is 0.948. The lowest BCUT2D eigenvalue weighted by Gasteiger charge is -2.17. The second-order valence-corrected chi connectivity index (χ2v) is 5.64. The van der Waals surface area contributed by atoms with Gasteiger partial charge in [0.2, 0.25) is 0 Å². The number of phenolic OH excluding ortho intramolecular Hbond substituents is 1. The lowest BCUT2D eigenvalue weighted by Crippen LogP contribution is -2.29. The Balaban J connectivity index is 1.65. The molecule has 1 N–H and O–H groups in total. The lowest BCUT2D eigenvalue weighted by molar-refractivity contribution is 0.0782. The Morgan fingerprint density at radius 3 is 3.05 bits per heavy atom. The van der Waals surface area contributed by atoms with Gasteiger partial charge < -0.3 is 10.0 Å². The molecular formula is C17H17FN2O2. The second-order valence-electron chi connectivity index (χ2n) is 5.64. The van der Waals surface area contributed by atoms with Gasteiger partial charge in [-0.05, 0) is 42.5 Å². The number of pyridine rings is 1. The molecule has 1 aromatic carbocycles. The van der Waals surface area contributed by atoms with Crippen LogP contribution in [0.15, 0.2) is 42.7 Å². The molecule has 1 amide bonds. The van der Waals surface area contributed by atoms with Crippen molar-refractivity contribution in [3.05, 3.63) is 59.7 Å². The van der Waals surface area contributed by atoms with Gasteiger partial charge >= 0.3 is 0 Å². The van der Waals surface area contributed by atoms with Crippen molar-refractivity contribution in [2.45, 2.75) is 12.8 Å². The number of likely N-dealkylation sites (tertiary alicyclic amines) is 1. The normalized spacial score (nSPS) is 17.7. The molecule has 3 rings (SSSR count). The van der Waals surface area contributed by atoms with E-state index < -0.39 is 5.82 Å². The molecule has 4 nitrogen and oxygen atoms in total. The molecule has 114 valence electrons. The van der Waals surface area contributed by atoms with Crippen LogP contribution in [0.3, 0.4) is 0 Å². The number of hydrogen-bond acceptors (Lipinski definition) is 3. The summed E-state index contributed by atoms with van der Waals surface area (Å²) < 4.78 is 13.6. The van der Waals surface area contributed by atoms with Gasteiger partial charge in [0.05, 0.1) is 11.8 Å². The Morgan fingerprint density at radius 2 is 2.27 bits per heavy atom. The van der Waals surface area contributed by atoms with E-state index >= 15 is 0 Å². The highest BCUT2D eigenvalue weighted by Crippen LogP contribution is 2.24. The third kappa shape index (κ3) is 3.08. The Labute approximate surface area is 128 Å². The summed E-state index contributed by atoms with van der Waals surface area (Å²) in [5.41, 5.74) is 1.13. The minimum absolute atomic E-state index is 0.0769. The molecule has 0 saturated carbocycles. The van der Waals surface area contributed by atoms with Crippen LogP contribution in [0.25, 0.3) is 0 Å². The van der Waals surface area contributed by atoms with Gasteiger partial charge in [-0.25, -0.2) is 4.39 Å². The zero-order valence-electron chi connectivity index (χ0n) is 12.1. The average molecular weight is 300 g/mol. The lowest BCUT2D eigenvalue weighted by atomic mass is 9.98. The van der Waals surface area contributed by atoms with Crippen LogP contribution in [0.1, 0.15) is 22.3 Å². The van der Waals surface area contributed by atoms with Crippen LogP contribution in [0.4, 0.5) is 4.39 Å². The van der Waals surface area contributed by atoms with Gasteiger partial charge in [-0.1, -0.05) is 12.1 Å². The smallest absolute Gasteiger partial charge is 0.256 e. The first kappa shape index (κ1) is 14.5. The number of nitrogens with zero attached hydrogens (tertiary/aromatic N) is 2. The van der Waals surface area contributed by atoms with E-state index in [1.165, 1.54) is 12.3 Å². The Kier molecular flexibility index (Phi) is 4.04. The van der Waals surface area contributed by atoms with E-state index in [-0.39, 0.29) is 17.2 Å². The number of benzene rings is 1. The number of hydrogen-bond donors (Lipinski definition) is 1. The zero-order chi connectivity index (χ0) is 15.5. The number of carbonyl (C=O) groups excluding carboxylic acids is 1. The van der Waals surface area contributed by atoms with Crippen LogP contribution in [-0.4, -0.2) is 34.0 Å². The molecule has 1 aliphatic rings. The van der Waals surface area contributed by atoms with E-state index in [9.17, 15) is 14.3 Å². The summed E-state index contributed by atoms with van der Waals surface area (Å²) >= 11 is 0. The molecule has 0 radical (unpaired) electrons. The second kappa shape index (κ2) is 6.13. The molecule has 1 aromatic heterocycles. The monoisotopic (exact) mass is 300 g/mol. The van der Waals surface area contributed by atoms with Crippen molar-refractivity contribution in [3.63, 3.8) is 0 Å². The van der Waals surface area contributed by atoms with Gasteiger partial charge in [-0.3, -0.25) is 9.78 Å². The highest BCUT2D eigenvalue weighted by Gasteiger charge is 2.28. The maximum absolute atomic E-state index is 13.6. The van der Waals surface area contributed by atoms with Crippen LogP contribution in [0.2, 0.25) is 0 Å². The highest BCUT2D eigenvalue weighted by molar-refractivity contribution is 5.94. The van der Waals surface area contributed by atoms with E-state index in [0.29, 0.717) is 19.0 Å². The Hall–Kier alpha value is -2.43. The zero-order valence-corrected chi connectivity index (χ0v) is 12.1. The van der Waals surface area contributed by atoms with Crippen molar-refractivity contribution in [3.8, 4) is 5.75 Å². The van der Waals surface area contributed by atoms with Gasteiger partial charge in [0.25, 0.3) is 5.91 Å². The summed E-state index contributed by atoms with van der Waals surface area (Å²) in [6, 6.07) is 8.58. The van der Waals surface area contributed by atoms with E-state index in [1.54, 1.807) is 17.0 Å². The van der Waals surface area contributed by atoms with Gasteiger partial charge in [0, 0.05) is 19.3 Å². The average Bonchev–Trinajstić information content (AvgIpc) is 2.95. The molecule has 1 saturated heterocycles. The third-order valence-electron chi connectivity index (χ3n) is 4.01. The fourth-order valence-corrected chi connectivity index (χ4v) is 2.92. The molecule has 22 heavy (non-hydrogen) atoms. The molecule has 2 heterocycles. The first-order chi connectivity index (χ1) is 10.6. The molecule has 1 atom stereocenters. The molecule has 1 unspecified atom stereocenters. The van der Waals surface area contributed by atoms with Crippen molar-refractivity contribution in [2.75, 3.05) is 13.1 Å². The first-order valence-corrected chi connectivity index (χ1v) is 7.30. The Morgan fingerprint density at radius 1 is 1.41 bits per heavy atom. The number of aromatic hydroxyl groups is 1. The van der Waals surface area contributed by atoms with E-state index in [2.05, 4.69) is 4.98 Å². The van der Waals surface area contributed by atoms with Crippen molar-refractivity contribution < 1.29 is 14.3 Å². The van der Waals surface area contributed by atoms with Crippen LogP contribution in [-0.2, 0) is 6.42 Å². The maximum Gasteiger partial charge on any atom is 0.256 e. The van der Waals surface area contributed by atoms with Gasteiger partial charge in [-0.2, -0.15) is 0 Å². The molecule has 0 spiro atoms. The standard InChI is InChI=1S/C17H17FN2O2/c18-16-10-19-6-4-15(16)17(22)20-7-5-13(11-20)8-12-2-1-3-14(21)9-12/h1-4,6,9-10,13,21H,5,7-8,11H2. The summed E-state index contributed by atoms with van der Waals surface area (Å²) in [5, 5.41) is 9.49. The molecular weight excluding hydrogens is 283 g/mol. The minimum atomic E-state index is -0.580. The number of carbonyl (C=O) groups is 1. The molecule has 0 aliphatic carbocycles. The molecule has 1 aliphatic heterocycles. The van der Waals surface area contributed by atoms with Crippen molar-refractivity contribution in [2.24, 2.45) is 5.92 Å². The van der Waals surface area contributed by atoms with Crippen LogP contribution in [0, 0.1) is 11.7 Å². The summed E-state index contributed by atoms with van der Waals surface area (Å²) in [4.78, 5) is 17.7. The van der Waals surface area contributed by atoms with Gasteiger partial charge in [-0.15, -0.1) is 0 Å². The third-order valence-corrected chi connectivity index (χ3v) is 4.01. The Bertz CT molecular complexity index is 690. The largest absolute Gasteiger partial charge is 0.508 e. The van der Waals surface area contributed by atoms with Crippen LogP contribution < -0.4 is 0 Å². The summed E-state index contributed by atoms with van der Waals surface area (Å²) in [6.45, 7) is 1.24. The molecule has 1 fully saturated rings. The molecule has 5 heteroatoms. The van der Waals surface area contributed by atoms with Crippen molar-refractivity contribution in [1.29, 1.82) is 0 Å². The highest BCUT2D eigenvalue weighted by atomic mass is 19.1. The number of aromatic nitrogens is 1. The van der Waals surface area contributed by atoms with E-state index in [4.69, 9.17) is 0 Å². The summed E-state index contributed by atoms with van der Waals surface area (Å²) in [5.74, 6) is -0.278. The van der Waals surface area contributed by atoms with Gasteiger partial charge in [0.1, 0.15) is 5.75 Å². The van der Waals surface area contributed by atoms with E-state index in [0.717, 1.165) is 24.6 Å². The number of amides is 1. The van der Waals surface area contributed by atoms with E-state index in [1.807, 2.05) is 12.1 Å². The topological polar surface area (TPSA) is 53.4 Å². The fourth-order valence-electron chi connectivity index (χ4n) is 2.92. The van der Waals surface area contributed by atoms with Gasteiger partial charge in [0.15, 0.2) is 5.82 Å². The SMILES string of the molecule is O=C(c1ccncc1F)N1CCC(Cc2cccc(O)c2)C1. The number of halogens is 1. The summed E-state index contributed by atoms with van der Waals surface area (Å²) in [6.07, 6.45) is 4.18. The molecule has 0 bridgehead atoms. The number of phenols is 1. The maximum atomic E-state index is 13.6. The predicted molar refractivity (Wildman–Crippen MR) is 80.0 cm³/mol. The minimum Gasteiger partial charge on any atom is -0.508 e. The predicted octanol–water partition coefficient (Wildman–Crippen LogP) is 2.63. The van der Waals surface area contributed by atoms with Crippen molar-refractivity contribution in [1.82, 2.24) is 9.88 Å². The van der Waals surface area contributed by atoms with Crippen LogP contribution >= 0.6 is 0 Å². The number of rotatable bonds is 3.